The third-order valence-corrected chi connectivity index (χ3v) is 2.88. The fourth-order valence-electron chi connectivity index (χ4n) is 1.84. The topological polar surface area (TPSA) is 61.8 Å². The van der Waals surface area contributed by atoms with Crippen molar-refractivity contribution in [2.24, 2.45) is 10.9 Å². The summed E-state index contributed by atoms with van der Waals surface area (Å²) in [4.78, 5) is 2.20. The molecule has 0 unspecified atom stereocenters. The van der Waals surface area contributed by atoms with Crippen LogP contribution in [0.5, 0.6) is 0 Å². The number of amidine groups is 1. The second-order valence-electron chi connectivity index (χ2n) is 4.49. The molecule has 0 atom stereocenters. The minimum Gasteiger partial charge on any atom is -0.409 e. The van der Waals surface area contributed by atoms with Crippen LogP contribution in [0.3, 0.4) is 0 Å². The Bertz CT molecular complexity index is 432. The van der Waals surface area contributed by atoms with E-state index >= 15 is 0 Å². The molecule has 1 rings (SSSR count). The molecule has 4 nitrogen and oxygen atoms in total. The van der Waals surface area contributed by atoms with Gasteiger partial charge in [-0.05, 0) is 44.2 Å². The average molecular weight is 253 g/mol. The summed E-state index contributed by atoms with van der Waals surface area (Å²) in [5, 5.41) is 11.5. The van der Waals surface area contributed by atoms with Gasteiger partial charge in [-0.25, -0.2) is 4.39 Å². The van der Waals surface area contributed by atoms with Gasteiger partial charge < -0.3 is 10.9 Å². The maximum atomic E-state index is 13.5. The molecule has 100 valence electrons. The zero-order valence-electron chi connectivity index (χ0n) is 11.0. The van der Waals surface area contributed by atoms with Crippen molar-refractivity contribution < 1.29 is 9.60 Å². The van der Waals surface area contributed by atoms with Gasteiger partial charge in [0.1, 0.15) is 5.82 Å². The van der Waals surface area contributed by atoms with Crippen molar-refractivity contribution in [3.63, 3.8) is 0 Å². The fraction of sp³-hybridized carbons (Fsp3) is 0.462. The molecule has 0 aromatic heterocycles. The van der Waals surface area contributed by atoms with Gasteiger partial charge in [-0.1, -0.05) is 12.1 Å². The number of nitrogens with zero attached hydrogens (tertiary/aromatic N) is 2. The molecule has 5 heteroatoms. The van der Waals surface area contributed by atoms with Crippen LogP contribution in [-0.2, 0) is 6.54 Å². The molecule has 3 N–H and O–H groups in total. The molecule has 0 spiro atoms. The molecule has 0 aliphatic heterocycles. The zero-order valence-corrected chi connectivity index (χ0v) is 11.0. The molecule has 0 aliphatic carbocycles. The Morgan fingerprint density at radius 2 is 2.11 bits per heavy atom. The van der Waals surface area contributed by atoms with Gasteiger partial charge in [-0.3, -0.25) is 4.90 Å². The monoisotopic (exact) mass is 253 g/mol. The first-order valence-corrected chi connectivity index (χ1v) is 5.99. The van der Waals surface area contributed by atoms with Gasteiger partial charge >= 0.3 is 0 Å². The van der Waals surface area contributed by atoms with Crippen LogP contribution in [-0.4, -0.2) is 28.5 Å². The summed E-state index contributed by atoms with van der Waals surface area (Å²) < 4.78 is 13.5. The molecular formula is C13H20FN3O. The Hall–Kier alpha value is -1.62. The van der Waals surface area contributed by atoms with Gasteiger partial charge in [0.25, 0.3) is 0 Å². The lowest BCUT2D eigenvalue weighted by atomic mass is 10.1. The number of benzene rings is 1. The average Bonchev–Trinajstić information content (AvgIpc) is 2.33. The van der Waals surface area contributed by atoms with Gasteiger partial charge in [0.2, 0.25) is 0 Å². The first-order valence-electron chi connectivity index (χ1n) is 5.99. The standard InChI is InChI=1S/C13H20FN3O/c1-4-17(9(2)3)8-10-5-11(13(15)16-18)7-12(14)6-10/h5-7,9,18H,4,8H2,1-3H3,(H2,15,16). The molecule has 0 amide bonds. The van der Waals surface area contributed by atoms with E-state index in [1.54, 1.807) is 6.07 Å². The van der Waals surface area contributed by atoms with E-state index in [0.717, 1.165) is 12.1 Å². The summed E-state index contributed by atoms with van der Waals surface area (Å²) in [6, 6.07) is 4.85. The van der Waals surface area contributed by atoms with E-state index in [0.29, 0.717) is 18.2 Å². The number of halogens is 1. The number of hydrogen-bond donors (Lipinski definition) is 2. The Kier molecular flexibility index (Phi) is 5.09. The lowest BCUT2D eigenvalue weighted by Gasteiger charge is -2.25. The van der Waals surface area contributed by atoms with E-state index < -0.39 is 0 Å². The number of oxime groups is 1. The third kappa shape index (κ3) is 3.70. The summed E-state index contributed by atoms with van der Waals surface area (Å²) in [6.07, 6.45) is 0. The molecule has 0 saturated carbocycles. The highest BCUT2D eigenvalue weighted by atomic mass is 19.1. The predicted molar refractivity (Wildman–Crippen MR) is 70.1 cm³/mol. The van der Waals surface area contributed by atoms with Crippen molar-refractivity contribution in [3.05, 3.63) is 35.1 Å². The van der Waals surface area contributed by atoms with E-state index in [-0.39, 0.29) is 11.7 Å². The van der Waals surface area contributed by atoms with Gasteiger partial charge in [-0.15, -0.1) is 0 Å². The van der Waals surface area contributed by atoms with Crippen LogP contribution < -0.4 is 5.73 Å². The Labute approximate surface area is 107 Å². The molecule has 0 aliphatic rings. The lowest BCUT2D eigenvalue weighted by Crippen LogP contribution is -2.30. The van der Waals surface area contributed by atoms with E-state index in [2.05, 4.69) is 30.8 Å². The van der Waals surface area contributed by atoms with Crippen molar-refractivity contribution in [1.29, 1.82) is 0 Å². The molecule has 1 aromatic carbocycles. The maximum Gasteiger partial charge on any atom is 0.170 e. The number of nitrogens with two attached hydrogens (primary N) is 1. The van der Waals surface area contributed by atoms with Crippen molar-refractivity contribution in [3.8, 4) is 0 Å². The Balaban J connectivity index is 2.99. The molecule has 1 aromatic rings. The molecular weight excluding hydrogens is 233 g/mol. The third-order valence-electron chi connectivity index (χ3n) is 2.88. The molecule has 0 bridgehead atoms. The number of hydrogen-bond acceptors (Lipinski definition) is 3. The first kappa shape index (κ1) is 14.4. The van der Waals surface area contributed by atoms with Gasteiger partial charge in [0, 0.05) is 18.2 Å². The SMILES string of the molecule is CCN(Cc1cc(F)cc(/C(N)=N/O)c1)C(C)C. The Morgan fingerprint density at radius 3 is 2.61 bits per heavy atom. The second-order valence-corrected chi connectivity index (χ2v) is 4.49. The fourth-order valence-corrected chi connectivity index (χ4v) is 1.84. The van der Waals surface area contributed by atoms with Gasteiger partial charge in [-0.2, -0.15) is 0 Å². The van der Waals surface area contributed by atoms with Crippen LogP contribution in [0.15, 0.2) is 23.4 Å². The van der Waals surface area contributed by atoms with Crippen molar-refractivity contribution in [2.75, 3.05) is 6.54 Å². The van der Waals surface area contributed by atoms with Crippen molar-refractivity contribution >= 4 is 5.84 Å². The lowest BCUT2D eigenvalue weighted by molar-refractivity contribution is 0.224. The Morgan fingerprint density at radius 1 is 1.44 bits per heavy atom. The quantitative estimate of drug-likeness (QED) is 0.366. The largest absolute Gasteiger partial charge is 0.409 e. The summed E-state index contributed by atoms with van der Waals surface area (Å²) in [7, 11) is 0. The number of rotatable bonds is 5. The van der Waals surface area contributed by atoms with Crippen LogP contribution in [0.25, 0.3) is 0 Å². The highest BCUT2D eigenvalue weighted by Gasteiger charge is 2.10. The molecule has 18 heavy (non-hydrogen) atoms. The van der Waals surface area contributed by atoms with Gasteiger partial charge in [0.05, 0.1) is 0 Å². The van der Waals surface area contributed by atoms with E-state index in [4.69, 9.17) is 10.9 Å². The molecule has 0 fully saturated rings. The second kappa shape index (κ2) is 6.35. The molecule has 0 radical (unpaired) electrons. The van der Waals surface area contributed by atoms with Crippen molar-refractivity contribution in [1.82, 2.24) is 4.90 Å². The summed E-state index contributed by atoms with van der Waals surface area (Å²) >= 11 is 0. The predicted octanol–water partition coefficient (Wildman–Crippen LogP) is 2.15. The van der Waals surface area contributed by atoms with Crippen LogP contribution in [0.2, 0.25) is 0 Å². The molecule has 0 saturated heterocycles. The minimum absolute atomic E-state index is 0.0802. The van der Waals surface area contributed by atoms with E-state index in [1.807, 2.05) is 0 Å². The molecule has 0 heterocycles. The summed E-state index contributed by atoms with van der Waals surface area (Å²) in [5.74, 6) is -0.461. The summed E-state index contributed by atoms with van der Waals surface area (Å²) in [6.45, 7) is 7.76. The first-order chi connectivity index (χ1) is 8.47. The minimum atomic E-state index is -0.381. The van der Waals surface area contributed by atoms with Gasteiger partial charge in [0.15, 0.2) is 5.84 Å². The highest BCUT2D eigenvalue weighted by molar-refractivity contribution is 5.97. The highest BCUT2D eigenvalue weighted by Crippen LogP contribution is 2.13. The van der Waals surface area contributed by atoms with Crippen LogP contribution in [0.1, 0.15) is 31.9 Å². The van der Waals surface area contributed by atoms with Crippen LogP contribution >= 0.6 is 0 Å². The normalized spacial score (nSPS) is 12.4. The van der Waals surface area contributed by atoms with Crippen LogP contribution in [0.4, 0.5) is 4.39 Å². The smallest absolute Gasteiger partial charge is 0.170 e. The van der Waals surface area contributed by atoms with Crippen molar-refractivity contribution in [2.45, 2.75) is 33.4 Å². The van der Waals surface area contributed by atoms with E-state index in [1.165, 1.54) is 12.1 Å². The zero-order chi connectivity index (χ0) is 13.7. The summed E-state index contributed by atoms with van der Waals surface area (Å²) in [5.41, 5.74) is 6.68. The maximum absolute atomic E-state index is 13.5. The van der Waals surface area contributed by atoms with E-state index in [9.17, 15) is 4.39 Å². The van der Waals surface area contributed by atoms with Crippen LogP contribution in [0, 0.1) is 5.82 Å².